The Morgan fingerprint density at radius 1 is 1.37 bits per heavy atom. The minimum absolute atomic E-state index is 0.131. The molecule has 104 valence electrons. The highest BCUT2D eigenvalue weighted by atomic mass is 19.1. The van der Waals surface area contributed by atoms with Gasteiger partial charge in [-0.05, 0) is 56.1 Å². The number of carbonyl (C=O) groups is 1. The third kappa shape index (κ3) is 3.92. The van der Waals surface area contributed by atoms with Gasteiger partial charge in [-0.25, -0.2) is 4.39 Å². The largest absolute Gasteiger partial charge is 0.493 e. The number of aliphatic carboxylic acids is 1. The second-order valence-electron chi connectivity index (χ2n) is 4.80. The summed E-state index contributed by atoms with van der Waals surface area (Å²) in [6, 6.07) is 5.62. The normalized spacial score (nSPS) is 17.9. The molecule has 2 N–H and O–H groups in total. The van der Waals surface area contributed by atoms with Crippen molar-refractivity contribution in [3.05, 3.63) is 30.1 Å². The molecule has 1 unspecified atom stereocenters. The molecule has 0 aromatic heterocycles. The monoisotopic (exact) mass is 267 g/mol. The maximum atomic E-state index is 12.7. The average molecular weight is 267 g/mol. The SMILES string of the molecule is O=C(O)C(COc1ccc(F)cc1)C1CCNCC1. The minimum atomic E-state index is -0.825. The highest BCUT2D eigenvalue weighted by Gasteiger charge is 2.29. The summed E-state index contributed by atoms with van der Waals surface area (Å²) in [4.78, 5) is 11.3. The molecule has 1 aromatic rings. The Bertz CT molecular complexity index is 415. The van der Waals surface area contributed by atoms with Crippen LogP contribution >= 0.6 is 0 Å². The van der Waals surface area contributed by atoms with Gasteiger partial charge in [0.1, 0.15) is 18.2 Å². The van der Waals surface area contributed by atoms with E-state index in [0.717, 1.165) is 25.9 Å². The first kappa shape index (κ1) is 13.8. The van der Waals surface area contributed by atoms with Crippen LogP contribution < -0.4 is 10.1 Å². The van der Waals surface area contributed by atoms with Crippen molar-refractivity contribution in [3.63, 3.8) is 0 Å². The molecule has 1 saturated heterocycles. The van der Waals surface area contributed by atoms with Gasteiger partial charge in [0.25, 0.3) is 0 Å². The van der Waals surface area contributed by atoms with E-state index in [9.17, 15) is 14.3 Å². The van der Waals surface area contributed by atoms with Gasteiger partial charge in [-0.2, -0.15) is 0 Å². The van der Waals surface area contributed by atoms with Crippen molar-refractivity contribution in [1.29, 1.82) is 0 Å². The van der Waals surface area contributed by atoms with Gasteiger partial charge in [0.15, 0.2) is 0 Å². The summed E-state index contributed by atoms with van der Waals surface area (Å²) in [7, 11) is 0. The Morgan fingerprint density at radius 3 is 2.58 bits per heavy atom. The molecule has 0 radical (unpaired) electrons. The van der Waals surface area contributed by atoms with Crippen LogP contribution in [0.1, 0.15) is 12.8 Å². The fraction of sp³-hybridized carbons (Fsp3) is 0.500. The van der Waals surface area contributed by atoms with Crippen LogP contribution in [0.3, 0.4) is 0 Å². The molecular weight excluding hydrogens is 249 g/mol. The van der Waals surface area contributed by atoms with Gasteiger partial charge in [-0.15, -0.1) is 0 Å². The fourth-order valence-corrected chi connectivity index (χ4v) is 2.37. The van der Waals surface area contributed by atoms with Gasteiger partial charge < -0.3 is 15.2 Å². The maximum Gasteiger partial charge on any atom is 0.310 e. The second-order valence-corrected chi connectivity index (χ2v) is 4.80. The van der Waals surface area contributed by atoms with E-state index < -0.39 is 11.9 Å². The molecule has 2 rings (SSSR count). The Balaban J connectivity index is 1.93. The Morgan fingerprint density at radius 2 is 2.00 bits per heavy atom. The zero-order valence-electron chi connectivity index (χ0n) is 10.6. The molecule has 1 aromatic carbocycles. The summed E-state index contributed by atoms with van der Waals surface area (Å²) >= 11 is 0. The van der Waals surface area contributed by atoms with E-state index in [-0.39, 0.29) is 18.3 Å². The average Bonchev–Trinajstić information content (AvgIpc) is 2.42. The van der Waals surface area contributed by atoms with Crippen molar-refractivity contribution < 1.29 is 19.0 Å². The molecule has 19 heavy (non-hydrogen) atoms. The van der Waals surface area contributed by atoms with E-state index in [1.54, 1.807) is 0 Å². The van der Waals surface area contributed by atoms with Crippen molar-refractivity contribution in [2.75, 3.05) is 19.7 Å². The molecule has 1 atom stereocenters. The number of hydrogen-bond acceptors (Lipinski definition) is 3. The van der Waals surface area contributed by atoms with E-state index in [2.05, 4.69) is 5.32 Å². The van der Waals surface area contributed by atoms with Crippen LogP contribution in [-0.4, -0.2) is 30.8 Å². The van der Waals surface area contributed by atoms with Crippen molar-refractivity contribution in [2.45, 2.75) is 12.8 Å². The summed E-state index contributed by atoms with van der Waals surface area (Å²) in [5, 5.41) is 12.5. The van der Waals surface area contributed by atoms with E-state index >= 15 is 0 Å². The molecule has 1 aliphatic rings. The van der Waals surface area contributed by atoms with Crippen LogP contribution in [0.5, 0.6) is 5.75 Å². The van der Waals surface area contributed by atoms with Crippen molar-refractivity contribution in [2.24, 2.45) is 11.8 Å². The molecule has 0 spiro atoms. The van der Waals surface area contributed by atoms with E-state index in [4.69, 9.17) is 4.74 Å². The standard InChI is InChI=1S/C14H18FNO3/c15-11-1-3-12(4-2-11)19-9-13(14(17)18)10-5-7-16-8-6-10/h1-4,10,13,16H,5-9H2,(H,17,18). The smallest absolute Gasteiger partial charge is 0.310 e. The van der Waals surface area contributed by atoms with Crippen LogP contribution in [-0.2, 0) is 4.79 Å². The zero-order valence-corrected chi connectivity index (χ0v) is 10.6. The van der Waals surface area contributed by atoms with Crippen LogP contribution in [0.2, 0.25) is 0 Å². The highest BCUT2D eigenvalue weighted by molar-refractivity contribution is 5.70. The molecule has 1 heterocycles. The summed E-state index contributed by atoms with van der Waals surface area (Å²) in [5.74, 6) is -1.03. The van der Waals surface area contributed by atoms with Crippen LogP contribution in [0.25, 0.3) is 0 Å². The number of carboxylic acids is 1. The lowest BCUT2D eigenvalue weighted by Gasteiger charge is -2.27. The Hall–Kier alpha value is -1.62. The van der Waals surface area contributed by atoms with Crippen molar-refractivity contribution >= 4 is 5.97 Å². The van der Waals surface area contributed by atoms with Gasteiger partial charge in [-0.1, -0.05) is 0 Å². The predicted octanol–water partition coefficient (Wildman–Crippen LogP) is 1.90. The Kier molecular flexibility index (Phi) is 4.74. The van der Waals surface area contributed by atoms with Crippen molar-refractivity contribution in [3.8, 4) is 5.75 Å². The van der Waals surface area contributed by atoms with Crippen LogP contribution in [0, 0.1) is 17.7 Å². The second kappa shape index (κ2) is 6.52. The van der Waals surface area contributed by atoms with E-state index in [0.29, 0.717) is 5.75 Å². The third-order valence-electron chi connectivity index (χ3n) is 3.51. The highest BCUT2D eigenvalue weighted by Crippen LogP contribution is 2.23. The molecule has 1 fully saturated rings. The molecule has 0 bridgehead atoms. The van der Waals surface area contributed by atoms with Gasteiger partial charge in [0.2, 0.25) is 0 Å². The first-order valence-corrected chi connectivity index (χ1v) is 6.48. The first-order chi connectivity index (χ1) is 9.16. The van der Waals surface area contributed by atoms with E-state index in [1.807, 2.05) is 0 Å². The van der Waals surface area contributed by atoms with E-state index in [1.165, 1.54) is 24.3 Å². The quantitative estimate of drug-likeness (QED) is 0.855. The summed E-state index contributed by atoms with van der Waals surface area (Å²) in [5.41, 5.74) is 0. The van der Waals surface area contributed by atoms with Crippen molar-refractivity contribution in [1.82, 2.24) is 5.32 Å². The summed E-state index contributed by atoms with van der Waals surface area (Å²) < 4.78 is 18.2. The van der Waals surface area contributed by atoms with Gasteiger partial charge in [0.05, 0.1) is 5.92 Å². The molecule has 0 amide bonds. The Labute approximate surface area is 111 Å². The molecule has 0 saturated carbocycles. The summed E-state index contributed by atoms with van der Waals surface area (Å²) in [6.07, 6.45) is 1.70. The number of nitrogens with one attached hydrogen (secondary N) is 1. The number of benzene rings is 1. The van der Waals surface area contributed by atoms with Crippen LogP contribution in [0.4, 0.5) is 4.39 Å². The fourth-order valence-electron chi connectivity index (χ4n) is 2.37. The number of carboxylic acid groups (broad SMARTS) is 1. The summed E-state index contributed by atoms with van der Waals surface area (Å²) in [6.45, 7) is 1.83. The zero-order chi connectivity index (χ0) is 13.7. The predicted molar refractivity (Wildman–Crippen MR) is 68.6 cm³/mol. The number of halogens is 1. The lowest BCUT2D eigenvalue weighted by Crippen LogP contribution is -2.37. The molecule has 1 aliphatic heterocycles. The maximum absolute atomic E-state index is 12.7. The minimum Gasteiger partial charge on any atom is -0.493 e. The first-order valence-electron chi connectivity index (χ1n) is 6.48. The molecule has 0 aliphatic carbocycles. The molecule has 4 nitrogen and oxygen atoms in total. The number of ether oxygens (including phenoxy) is 1. The molecule has 5 heteroatoms. The lowest BCUT2D eigenvalue weighted by atomic mass is 9.85. The lowest BCUT2D eigenvalue weighted by molar-refractivity contribution is -0.145. The van der Waals surface area contributed by atoms with Gasteiger partial charge >= 0.3 is 5.97 Å². The van der Waals surface area contributed by atoms with Gasteiger partial charge in [-0.3, -0.25) is 4.79 Å². The topological polar surface area (TPSA) is 58.6 Å². The number of piperidine rings is 1. The molecular formula is C14H18FNO3. The number of rotatable bonds is 5. The van der Waals surface area contributed by atoms with Crippen LogP contribution in [0.15, 0.2) is 24.3 Å². The number of hydrogen-bond donors (Lipinski definition) is 2. The third-order valence-corrected chi connectivity index (χ3v) is 3.51. The van der Waals surface area contributed by atoms with Gasteiger partial charge in [0, 0.05) is 0 Å².